The maximum absolute atomic E-state index is 13.2. The molecule has 1 N–H and O–H groups in total. The lowest BCUT2D eigenvalue weighted by molar-refractivity contribution is 0.102. The second-order valence-corrected chi connectivity index (χ2v) is 9.29. The number of hydrogen-bond donors (Lipinski definition) is 1. The Morgan fingerprint density at radius 2 is 1.87 bits per heavy atom. The van der Waals surface area contributed by atoms with Gasteiger partial charge in [-0.2, -0.15) is 4.31 Å². The molecule has 0 radical (unpaired) electrons. The molecule has 0 aromatic heterocycles. The van der Waals surface area contributed by atoms with Crippen molar-refractivity contribution in [1.29, 1.82) is 0 Å². The first kappa shape index (κ1) is 22.1. The Kier molecular flexibility index (Phi) is 7.29. The Labute approximate surface area is 178 Å². The van der Waals surface area contributed by atoms with Crippen LogP contribution in [0, 0.1) is 6.92 Å². The Balaban J connectivity index is 1.82. The number of nitrogens with zero attached hydrogens (tertiary/aromatic N) is 1. The van der Waals surface area contributed by atoms with E-state index in [1.165, 1.54) is 6.07 Å². The molecule has 0 unspecified atom stereocenters. The molecular weight excluding hydrogens is 400 g/mol. The molecule has 6 nitrogen and oxygen atoms in total. The molecule has 0 aliphatic carbocycles. The normalized spacial score (nSPS) is 15.2. The molecule has 1 heterocycles. The van der Waals surface area contributed by atoms with Gasteiger partial charge in [0, 0.05) is 30.4 Å². The van der Waals surface area contributed by atoms with E-state index in [0.717, 1.165) is 25.7 Å². The molecule has 0 spiro atoms. The predicted octanol–water partition coefficient (Wildman–Crippen LogP) is 4.38. The maximum atomic E-state index is 13.2. The Morgan fingerprint density at radius 3 is 2.57 bits per heavy atom. The third kappa shape index (κ3) is 5.29. The summed E-state index contributed by atoms with van der Waals surface area (Å²) in [5.41, 5.74) is 1.50. The monoisotopic (exact) mass is 428 g/mol. The number of benzene rings is 2. The van der Waals surface area contributed by atoms with E-state index in [1.54, 1.807) is 53.7 Å². The summed E-state index contributed by atoms with van der Waals surface area (Å²) in [5.74, 6) is 0.240. The number of ether oxygens (including phenoxy) is 1. The standard InChI is InChI=1S/C23H28N2O4S/c1-3-15-29-21-10-8-9-20(17-21)24-23(26)19-12-11-18(2)22(16-19)30(27,28)25-13-6-4-5-7-14-25/h3,8-12,16-17H,1,4-7,13-15H2,2H3,(H,24,26). The molecule has 30 heavy (non-hydrogen) atoms. The van der Waals surface area contributed by atoms with Gasteiger partial charge in [0.25, 0.3) is 5.91 Å². The first-order valence-electron chi connectivity index (χ1n) is 10.2. The minimum absolute atomic E-state index is 0.195. The van der Waals surface area contributed by atoms with Crippen molar-refractivity contribution >= 4 is 21.6 Å². The Bertz CT molecular complexity index is 1010. The van der Waals surface area contributed by atoms with E-state index in [-0.39, 0.29) is 10.8 Å². The van der Waals surface area contributed by atoms with Crippen LogP contribution >= 0.6 is 0 Å². The summed E-state index contributed by atoms with van der Waals surface area (Å²) in [6.45, 7) is 6.78. The van der Waals surface area contributed by atoms with Crippen molar-refractivity contribution in [2.24, 2.45) is 0 Å². The maximum Gasteiger partial charge on any atom is 0.255 e. The van der Waals surface area contributed by atoms with Gasteiger partial charge in [-0.3, -0.25) is 4.79 Å². The predicted molar refractivity (Wildman–Crippen MR) is 118 cm³/mol. The van der Waals surface area contributed by atoms with E-state index in [0.29, 0.717) is 42.3 Å². The van der Waals surface area contributed by atoms with Gasteiger partial charge in [-0.15, -0.1) is 0 Å². The Hall–Kier alpha value is -2.64. The van der Waals surface area contributed by atoms with Gasteiger partial charge in [0.1, 0.15) is 12.4 Å². The third-order valence-corrected chi connectivity index (χ3v) is 7.13. The Morgan fingerprint density at radius 1 is 1.13 bits per heavy atom. The highest BCUT2D eigenvalue weighted by Gasteiger charge is 2.27. The number of aryl methyl sites for hydroxylation is 1. The lowest BCUT2D eigenvalue weighted by Crippen LogP contribution is -2.32. The minimum Gasteiger partial charge on any atom is -0.489 e. The molecule has 0 saturated carbocycles. The second-order valence-electron chi connectivity index (χ2n) is 7.38. The van der Waals surface area contributed by atoms with Crippen LogP contribution in [0.25, 0.3) is 0 Å². The van der Waals surface area contributed by atoms with Crippen LogP contribution in [0.2, 0.25) is 0 Å². The smallest absolute Gasteiger partial charge is 0.255 e. The fraction of sp³-hybridized carbons (Fsp3) is 0.348. The van der Waals surface area contributed by atoms with Gasteiger partial charge >= 0.3 is 0 Å². The number of carbonyl (C=O) groups is 1. The number of hydrogen-bond acceptors (Lipinski definition) is 4. The average molecular weight is 429 g/mol. The summed E-state index contributed by atoms with van der Waals surface area (Å²) in [7, 11) is -3.64. The molecule has 160 valence electrons. The largest absolute Gasteiger partial charge is 0.489 e. The van der Waals surface area contributed by atoms with Crippen LogP contribution in [0.5, 0.6) is 5.75 Å². The lowest BCUT2D eigenvalue weighted by atomic mass is 10.1. The quantitative estimate of drug-likeness (QED) is 0.664. The van der Waals surface area contributed by atoms with Gasteiger partial charge < -0.3 is 10.1 Å². The SMILES string of the molecule is C=CCOc1cccc(NC(=O)c2ccc(C)c(S(=O)(=O)N3CCCCCC3)c2)c1. The fourth-order valence-electron chi connectivity index (χ4n) is 3.46. The molecule has 0 atom stereocenters. The van der Waals surface area contributed by atoms with Crippen molar-refractivity contribution in [3.8, 4) is 5.75 Å². The van der Waals surface area contributed by atoms with Crippen LogP contribution in [0.1, 0.15) is 41.6 Å². The molecule has 1 aliphatic heterocycles. The van der Waals surface area contributed by atoms with E-state index >= 15 is 0 Å². The third-order valence-electron chi connectivity index (χ3n) is 5.09. The number of carbonyl (C=O) groups excluding carboxylic acids is 1. The van der Waals surface area contributed by atoms with E-state index in [1.807, 2.05) is 0 Å². The number of rotatable bonds is 7. The summed E-state index contributed by atoms with van der Waals surface area (Å²) < 4.78 is 33.4. The summed E-state index contributed by atoms with van der Waals surface area (Å²) in [6.07, 6.45) is 5.46. The van der Waals surface area contributed by atoms with Crippen LogP contribution < -0.4 is 10.1 Å². The summed E-state index contributed by atoms with van der Waals surface area (Å²) >= 11 is 0. The second kappa shape index (κ2) is 9.91. The minimum atomic E-state index is -3.64. The van der Waals surface area contributed by atoms with Gasteiger partial charge in [0.2, 0.25) is 10.0 Å². The molecule has 7 heteroatoms. The highest BCUT2D eigenvalue weighted by molar-refractivity contribution is 7.89. The van der Waals surface area contributed by atoms with Crippen molar-refractivity contribution < 1.29 is 17.9 Å². The van der Waals surface area contributed by atoms with Gasteiger partial charge in [0.15, 0.2) is 0 Å². The lowest BCUT2D eigenvalue weighted by Gasteiger charge is -2.21. The first-order valence-corrected chi connectivity index (χ1v) is 11.6. The summed E-state index contributed by atoms with van der Waals surface area (Å²) in [6, 6.07) is 11.8. The first-order chi connectivity index (χ1) is 14.4. The molecule has 2 aromatic rings. The van der Waals surface area contributed by atoms with Gasteiger partial charge in [0.05, 0.1) is 4.90 Å². The molecular formula is C23H28N2O4S. The van der Waals surface area contributed by atoms with Gasteiger partial charge in [-0.05, 0) is 49.6 Å². The van der Waals surface area contributed by atoms with E-state index < -0.39 is 10.0 Å². The van der Waals surface area contributed by atoms with E-state index in [9.17, 15) is 13.2 Å². The number of amides is 1. The average Bonchev–Trinajstić information content (AvgIpc) is 3.03. The molecule has 2 aromatic carbocycles. The molecule has 3 rings (SSSR count). The van der Waals surface area contributed by atoms with E-state index in [2.05, 4.69) is 11.9 Å². The zero-order chi connectivity index (χ0) is 21.6. The van der Waals surface area contributed by atoms with Crippen LogP contribution in [-0.4, -0.2) is 38.3 Å². The van der Waals surface area contributed by atoms with Crippen LogP contribution in [0.4, 0.5) is 5.69 Å². The van der Waals surface area contributed by atoms with Crippen LogP contribution in [0.15, 0.2) is 60.0 Å². The van der Waals surface area contributed by atoms with E-state index in [4.69, 9.17) is 4.74 Å². The molecule has 1 amide bonds. The number of sulfonamides is 1. The number of nitrogens with one attached hydrogen (secondary N) is 1. The van der Waals surface area contributed by atoms with Gasteiger partial charge in [-0.1, -0.05) is 37.6 Å². The fourth-order valence-corrected chi connectivity index (χ4v) is 5.23. The van der Waals surface area contributed by atoms with Crippen molar-refractivity contribution in [2.45, 2.75) is 37.5 Å². The molecule has 0 bridgehead atoms. The van der Waals surface area contributed by atoms with Crippen molar-refractivity contribution in [1.82, 2.24) is 4.31 Å². The zero-order valence-electron chi connectivity index (χ0n) is 17.3. The summed E-state index contributed by atoms with van der Waals surface area (Å²) in [5, 5.41) is 2.81. The van der Waals surface area contributed by atoms with Crippen molar-refractivity contribution in [2.75, 3.05) is 25.0 Å². The highest BCUT2D eigenvalue weighted by atomic mass is 32.2. The number of anilines is 1. The van der Waals surface area contributed by atoms with Crippen LogP contribution in [0.3, 0.4) is 0 Å². The molecule has 1 aliphatic rings. The molecule has 1 fully saturated rings. The van der Waals surface area contributed by atoms with Crippen molar-refractivity contribution in [3.05, 3.63) is 66.2 Å². The summed E-state index contributed by atoms with van der Waals surface area (Å²) in [4.78, 5) is 13.0. The van der Waals surface area contributed by atoms with Gasteiger partial charge in [-0.25, -0.2) is 8.42 Å². The highest BCUT2D eigenvalue weighted by Crippen LogP contribution is 2.25. The van der Waals surface area contributed by atoms with Crippen molar-refractivity contribution in [3.63, 3.8) is 0 Å². The topological polar surface area (TPSA) is 75.7 Å². The zero-order valence-corrected chi connectivity index (χ0v) is 18.1. The van der Waals surface area contributed by atoms with Crippen LogP contribution in [-0.2, 0) is 10.0 Å². The molecule has 1 saturated heterocycles.